The molecule has 218 valence electrons. The third-order valence-corrected chi connectivity index (χ3v) is 7.18. The number of pyridine rings is 1. The molecule has 0 saturated heterocycles. The van der Waals surface area contributed by atoms with Crippen molar-refractivity contribution in [2.75, 3.05) is 14.2 Å². The minimum Gasteiger partial charge on any atom is -0.496 e. The number of nitrogens with one attached hydrogen (secondary N) is 2. The summed E-state index contributed by atoms with van der Waals surface area (Å²) in [5.41, 5.74) is 0.520. The third kappa shape index (κ3) is 5.79. The summed E-state index contributed by atoms with van der Waals surface area (Å²) < 4.78 is 64.8. The number of carbonyl (C=O) groups is 1. The quantitative estimate of drug-likeness (QED) is 0.169. The zero-order valence-electron chi connectivity index (χ0n) is 22.6. The van der Waals surface area contributed by atoms with Crippen LogP contribution in [0.5, 0.6) is 5.75 Å². The second-order valence-electron chi connectivity index (χ2n) is 10.0. The number of rotatable bonds is 9. The van der Waals surface area contributed by atoms with Gasteiger partial charge < -0.3 is 19.6 Å². The molecule has 2 aromatic heterocycles. The molecule has 1 amide bonds. The maximum Gasteiger partial charge on any atom is 0.389 e. The average molecular weight is 583 g/mol. The fraction of sp³-hybridized carbons (Fsp3) is 0.300. The molecular formula is C30H26F4N4O4. The summed E-state index contributed by atoms with van der Waals surface area (Å²) in [5, 5.41) is 26.1. The van der Waals surface area contributed by atoms with Crippen molar-refractivity contribution >= 4 is 17.0 Å². The van der Waals surface area contributed by atoms with Gasteiger partial charge in [0.2, 0.25) is 5.71 Å². The summed E-state index contributed by atoms with van der Waals surface area (Å²) >= 11 is 0. The lowest BCUT2D eigenvalue weighted by Crippen LogP contribution is -2.33. The second kappa shape index (κ2) is 11.1. The van der Waals surface area contributed by atoms with Gasteiger partial charge in [-0.3, -0.25) is 10.1 Å². The first kappa shape index (κ1) is 29.0. The van der Waals surface area contributed by atoms with Crippen LogP contribution in [0.3, 0.4) is 0 Å². The summed E-state index contributed by atoms with van der Waals surface area (Å²) in [6, 6.07) is 13.6. The van der Waals surface area contributed by atoms with E-state index in [-0.39, 0.29) is 39.2 Å². The maximum atomic E-state index is 13.6. The average Bonchev–Trinajstić information content (AvgIpc) is 3.65. The molecule has 1 atom stereocenters. The molecule has 4 aromatic rings. The molecule has 3 N–H and O–H groups in total. The Morgan fingerprint density at radius 3 is 2.48 bits per heavy atom. The van der Waals surface area contributed by atoms with Crippen LogP contribution >= 0.6 is 0 Å². The van der Waals surface area contributed by atoms with E-state index in [1.807, 2.05) is 0 Å². The van der Waals surface area contributed by atoms with Crippen LogP contribution in [0.15, 0.2) is 52.9 Å². The summed E-state index contributed by atoms with van der Waals surface area (Å²) in [5.74, 6) is -0.658. The van der Waals surface area contributed by atoms with Crippen molar-refractivity contribution in [2.45, 2.75) is 43.6 Å². The van der Waals surface area contributed by atoms with Gasteiger partial charge in [-0.25, -0.2) is 9.37 Å². The molecule has 8 nitrogen and oxygen atoms in total. The van der Waals surface area contributed by atoms with Crippen molar-refractivity contribution in [2.24, 2.45) is 0 Å². The van der Waals surface area contributed by atoms with Crippen LogP contribution in [0.25, 0.3) is 33.6 Å². The lowest BCUT2D eigenvalue weighted by Gasteiger charge is -2.20. The maximum absolute atomic E-state index is 13.6. The molecule has 0 aliphatic heterocycles. The Bertz CT molecular complexity index is 1690. The van der Waals surface area contributed by atoms with Gasteiger partial charge in [-0.2, -0.15) is 18.4 Å². The number of hydrogen-bond acceptors (Lipinski definition) is 7. The van der Waals surface area contributed by atoms with Gasteiger partial charge >= 0.3 is 6.18 Å². The second-order valence-corrected chi connectivity index (χ2v) is 10.0. The molecule has 1 aliphatic rings. The monoisotopic (exact) mass is 582 g/mol. The highest BCUT2D eigenvalue weighted by atomic mass is 19.4. The molecular weight excluding hydrogens is 556 g/mol. The number of methoxy groups -OCH3 is 1. The number of halogens is 4. The van der Waals surface area contributed by atoms with E-state index in [1.165, 1.54) is 44.5 Å². The Kier molecular flexibility index (Phi) is 7.66. The number of furan rings is 1. The Morgan fingerprint density at radius 1 is 1.19 bits per heavy atom. The number of aryl methyl sites for hydroxylation is 1. The van der Waals surface area contributed by atoms with Crippen molar-refractivity contribution in [3.8, 4) is 34.3 Å². The van der Waals surface area contributed by atoms with Crippen molar-refractivity contribution in [1.29, 1.82) is 5.26 Å². The molecule has 1 aliphatic carbocycles. The van der Waals surface area contributed by atoms with Gasteiger partial charge in [0.1, 0.15) is 29.1 Å². The van der Waals surface area contributed by atoms with Crippen molar-refractivity contribution < 1.29 is 36.6 Å². The van der Waals surface area contributed by atoms with Crippen LogP contribution in [-0.2, 0) is 6.42 Å². The molecule has 1 fully saturated rings. The molecule has 1 saturated carbocycles. The van der Waals surface area contributed by atoms with Gasteiger partial charge in [0.15, 0.2) is 0 Å². The first-order chi connectivity index (χ1) is 20.0. The number of aliphatic hydroxyl groups is 1. The number of hydrogen-bond donors (Lipinski definition) is 3. The smallest absolute Gasteiger partial charge is 0.389 e. The number of amides is 1. The van der Waals surface area contributed by atoms with E-state index >= 15 is 0 Å². The zero-order chi connectivity index (χ0) is 30.2. The molecule has 1 unspecified atom stereocenters. The lowest BCUT2D eigenvalue weighted by molar-refractivity contribution is -0.134. The van der Waals surface area contributed by atoms with Crippen molar-refractivity contribution in [3.63, 3.8) is 0 Å². The lowest BCUT2D eigenvalue weighted by atomic mass is 9.96. The molecule has 2 aromatic carbocycles. The van der Waals surface area contributed by atoms with Gasteiger partial charge in [0.05, 0.1) is 29.8 Å². The minimum absolute atomic E-state index is 0.0527. The topological polar surface area (TPSA) is 120 Å². The van der Waals surface area contributed by atoms with E-state index in [4.69, 9.17) is 9.15 Å². The molecule has 2 heterocycles. The standard InChI is InChI=1S/C30H26F4N4O4/c1-36-27(40)24-21-14-19(17-5-8-23(41-2)20(13-17)26(39)38-29(15-35)11-12-29)22(9-10-30(32,33)34)37-28(21)42-25(24)16-3-6-18(31)7-4-16/h3-8,13-14,26,38-39H,9-12H2,1-2H3,(H,36,40). The summed E-state index contributed by atoms with van der Waals surface area (Å²) in [7, 11) is 2.82. The van der Waals surface area contributed by atoms with E-state index < -0.39 is 42.5 Å². The summed E-state index contributed by atoms with van der Waals surface area (Å²) in [4.78, 5) is 17.5. The van der Waals surface area contributed by atoms with Crippen molar-refractivity contribution in [1.82, 2.24) is 15.6 Å². The Labute approximate surface area is 237 Å². The van der Waals surface area contributed by atoms with Gasteiger partial charge in [-0.15, -0.1) is 0 Å². The Hall–Kier alpha value is -4.47. The fourth-order valence-electron chi connectivity index (χ4n) is 4.78. The Balaban J connectivity index is 1.70. The summed E-state index contributed by atoms with van der Waals surface area (Å²) in [6.07, 6.45) is -6.31. The first-order valence-electron chi connectivity index (χ1n) is 13.0. The molecule has 12 heteroatoms. The number of fused-ring (bicyclic) bond motifs is 1. The van der Waals surface area contributed by atoms with Gasteiger partial charge in [-0.05, 0) is 67.3 Å². The minimum atomic E-state index is -4.47. The molecule has 0 bridgehead atoms. The van der Waals surface area contributed by atoms with Crippen LogP contribution < -0.4 is 15.4 Å². The van der Waals surface area contributed by atoms with Crippen LogP contribution in [0.2, 0.25) is 0 Å². The fourth-order valence-corrected chi connectivity index (χ4v) is 4.78. The highest BCUT2D eigenvalue weighted by Crippen LogP contribution is 2.41. The largest absolute Gasteiger partial charge is 0.496 e. The summed E-state index contributed by atoms with van der Waals surface area (Å²) in [6.45, 7) is 0. The number of carbonyl (C=O) groups excluding carboxylic acids is 1. The van der Waals surface area contributed by atoms with Crippen LogP contribution in [0.4, 0.5) is 17.6 Å². The van der Waals surface area contributed by atoms with E-state index in [2.05, 4.69) is 21.7 Å². The number of benzene rings is 2. The molecule has 0 radical (unpaired) electrons. The number of aliphatic hydroxyl groups excluding tert-OH is 1. The predicted octanol–water partition coefficient (Wildman–Crippen LogP) is 5.80. The first-order valence-corrected chi connectivity index (χ1v) is 13.0. The van der Waals surface area contributed by atoms with Crippen LogP contribution in [-0.4, -0.2) is 41.9 Å². The predicted molar refractivity (Wildman–Crippen MR) is 145 cm³/mol. The highest BCUT2D eigenvalue weighted by molar-refractivity contribution is 6.11. The van der Waals surface area contributed by atoms with E-state index in [0.717, 1.165) is 0 Å². The number of nitriles is 1. The van der Waals surface area contributed by atoms with E-state index in [0.29, 0.717) is 29.7 Å². The van der Waals surface area contributed by atoms with Gasteiger partial charge in [0.25, 0.3) is 5.91 Å². The number of nitrogens with zero attached hydrogens (tertiary/aromatic N) is 2. The number of ether oxygens (including phenoxy) is 1. The number of alkyl halides is 3. The van der Waals surface area contributed by atoms with E-state index in [9.17, 15) is 32.7 Å². The molecule has 0 spiro atoms. The third-order valence-electron chi connectivity index (χ3n) is 7.18. The van der Waals surface area contributed by atoms with Crippen molar-refractivity contribution in [3.05, 3.63) is 71.2 Å². The normalized spacial score (nSPS) is 14.8. The highest BCUT2D eigenvalue weighted by Gasteiger charge is 2.45. The van der Waals surface area contributed by atoms with Crippen LogP contribution in [0, 0.1) is 17.1 Å². The van der Waals surface area contributed by atoms with E-state index in [1.54, 1.807) is 18.2 Å². The van der Waals surface area contributed by atoms with Crippen LogP contribution in [0.1, 0.15) is 47.1 Å². The zero-order valence-corrected chi connectivity index (χ0v) is 22.6. The van der Waals surface area contributed by atoms with Gasteiger partial charge in [-0.1, -0.05) is 6.07 Å². The molecule has 5 rings (SSSR count). The van der Waals surface area contributed by atoms with Gasteiger partial charge in [0, 0.05) is 30.2 Å². The SMILES string of the molecule is CNC(=O)c1c(-c2ccc(F)cc2)oc2nc(CCC(F)(F)F)c(-c3ccc(OC)c(C(O)NC4(C#N)CC4)c3)cc12. The number of aromatic nitrogens is 1. The molecule has 42 heavy (non-hydrogen) atoms. The Morgan fingerprint density at radius 2 is 1.88 bits per heavy atom.